The van der Waals surface area contributed by atoms with Gasteiger partial charge in [-0.15, -0.1) is 0 Å². The number of hydrogen-bond acceptors (Lipinski definition) is 4. The third kappa shape index (κ3) is 2.68. The summed E-state index contributed by atoms with van der Waals surface area (Å²) in [5, 5.41) is 3.34. The van der Waals surface area contributed by atoms with Gasteiger partial charge in [0.25, 0.3) is 0 Å². The molecule has 5 heteroatoms. The van der Waals surface area contributed by atoms with Crippen LogP contribution in [0.4, 0.5) is 0 Å². The van der Waals surface area contributed by atoms with Crippen molar-refractivity contribution in [1.82, 2.24) is 20.3 Å². The van der Waals surface area contributed by atoms with E-state index in [0.717, 1.165) is 55.8 Å². The smallest absolute Gasteiger partial charge is 0.109 e. The summed E-state index contributed by atoms with van der Waals surface area (Å²) in [5.41, 5.74) is 1.97. The van der Waals surface area contributed by atoms with Crippen LogP contribution in [-0.2, 0) is 11.2 Å². The first-order valence-electron chi connectivity index (χ1n) is 6.53. The summed E-state index contributed by atoms with van der Waals surface area (Å²) in [6, 6.07) is 1.92. The lowest BCUT2D eigenvalue weighted by Gasteiger charge is -2.22. The van der Waals surface area contributed by atoms with E-state index in [9.17, 15) is 0 Å². The fraction of sp³-hybridized carbons (Fsp3) is 0.538. The number of aromatic amines is 1. The van der Waals surface area contributed by atoms with E-state index in [0.29, 0.717) is 6.10 Å². The zero-order valence-electron chi connectivity index (χ0n) is 10.4. The van der Waals surface area contributed by atoms with Gasteiger partial charge in [-0.1, -0.05) is 0 Å². The third-order valence-electron chi connectivity index (χ3n) is 3.31. The molecule has 5 nitrogen and oxygen atoms in total. The lowest BCUT2D eigenvalue weighted by molar-refractivity contribution is 0.0343. The van der Waals surface area contributed by atoms with Crippen LogP contribution in [0.3, 0.4) is 0 Å². The Balaban J connectivity index is 1.53. The van der Waals surface area contributed by atoms with Crippen molar-refractivity contribution >= 4 is 11.0 Å². The molecular formula is C13H18N4O. The fourth-order valence-electron chi connectivity index (χ4n) is 2.31. The van der Waals surface area contributed by atoms with Crippen LogP contribution in [0.2, 0.25) is 0 Å². The molecule has 0 amide bonds. The normalized spacial score (nSPS) is 17.3. The Morgan fingerprint density at radius 2 is 2.22 bits per heavy atom. The van der Waals surface area contributed by atoms with E-state index in [1.54, 1.807) is 12.4 Å². The summed E-state index contributed by atoms with van der Waals surface area (Å²) in [4.78, 5) is 11.8. The molecule has 2 N–H and O–H groups in total. The number of fused-ring (bicyclic) bond motifs is 1. The zero-order valence-corrected chi connectivity index (χ0v) is 10.4. The van der Waals surface area contributed by atoms with E-state index in [-0.39, 0.29) is 0 Å². The van der Waals surface area contributed by atoms with Crippen LogP contribution in [0.1, 0.15) is 18.7 Å². The highest BCUT2D eigenvalue weighted by atomic mass is 16.5. The summed E-state index contributed by atoms with van der Waals surface area (Å²) < 4.78 is 5.87. The molecule has 0 atom stereocenters. The Bertz CT molecular complexity index is 471. The standard InChI is InChI=1S/C13H18N4O/c1-5-14-6-2-10(1)18-8-4-13-16-11-3-7-15-9-12(11)17-13/h3,7,9-10,14H,1-2,4-6,8H2,(H,16,17). The minimum Gasteiger partial charge on any atom is -0.378 e. The predicted molar refractivity (Wildman–Crippen MR) is 69.4 cm³/mol. The number of imidazole rings is 1. The number of nitrogens with zero attached hydrogens (tertiary/aromatic N) is 2. The molecule has 2 aromatic heterocycles. The van der Waals surface area contributed by atoms with Crippen molar-refractivity contribution in [3.63, 3.8) is 0 Å². The highest BCUT2D eigenvalue weighted by Gasteiger charge is 2.13. The van der Waals surface area contributed by atoms with E-state index in [1.165, 1.54) is 0 Å². The molecule has 2 aromatic rings. The van der Waals surface area contributed by atoms with Gasteiger partial charge in [0.2, 0.25) is 0 Å². The minimum atomic E-state index is 0.414. The third-order valence-corrected chi connectivity index (χ3v) is 3.31. The van der Waals surface area contributed by atoms with Crippen molar-refractivity contribution in [1.29, 1.82) is 0 Å². The van der Waals surface area contributed by atoms with Crippen molar-refractivity contribution in [2.45, 2.75) is 25.4 Å². The molecule has 96 valence electrons. The molecule has 1 aliphatic rings. The van der Waals surface area contributed by atoms with Crippen LogP contribution in [-0.4, -0.2) is 40.8 Å². The average molecular weight is 246 g/mol. The molecule has 18 heavy (non-hydrogen) atoms. The molecule has 1 fully saturated rings. The molecule has 0 saturated carbocycles. The molecule has 1 aliphatic heterocycles. The van der Waals surface area contributed by atoms with Gasteiger partial charge in [-0.3, -0.25) is 4.98 Å². The van der Waals surface area contributed by atoms with E-state index < -0.39 is 0 Å². The minimum absolute atomic E-state index is 0.414. The quantitative estimate of drug-likeness (QED) is 0.852. The lowest BCUT2D eigenvalue weighted by Crippen LogP contribution is -2.32. The molecular weight excluding hydrogens is 228 g/mol. The summed E-state index contributed by atoms with van der Waals surface area (Å²) in [5.74, 6) is 0.979. The molecule has 0 aliphatic carbocycles. The number of H-pyrrole nitrogens is 1. The fourth-order valence-corrected chi connectivity index (χ4v) is 2.31. The van der Waals surface area contributed by atoms with E-state index >= 15 is 0 Å². The van der Waals surface area contributed by atoms with E-state index in [2.05, 4.69) is 20.3 Å². The Kier molecular flexibility index (Phi) is 3.52. The lowest BCUT2D eigenvalue weighted by atomic mass is 10.1. The van der Waals surface area contributed by atoms with Gasteiger partial charge < -0.3 is 15.0 Å². The SMILES string of the molecule is c1cc2nc(CCOC3CCNCC3)[nH]c2cn1. The summed E-state index contributed by atoms with van der Waals surface area (Å²) in [7, 11) is 0. The van der Waals surface area contributed by atoms with Gasteiger partial charge in [-0.05, 0) is 32.0 Å². The first-order chi connectivity index (χ1) is 8.92. The number of nitrogens with one attached hydrogen (secondary N) is 2. The molecule has 0 radical (unpaired) electrons. The van der Waals surface area contributed by atoms with Crippen LogP contribution >= 0.6 is 0 Å². The second-order valence-corrected chi connectivity index (χ2v) is 4.65. The number of pyridine rings is 1. The van der Waals surface area contributed by atoms with Gasteiger partial charge in [0.1, 0.15) is 5.82 Å². The van der Waals surface area contributed by atoms with Gasteiger partial charge >= 0.3 is 0 Å². The van der Waals surface area contributed by atoms with E-state index in [1.807, 2.05) is 6.07 Å². The first kappa shape index (κ1) is 11.6. The van der Waals surface area contributed by atoms with Gasteiger partial charge in [-0.2, -0.15) is 0 Å². The van der Waals surface area contributed by atoms with Crippen LogP contribution in [0.25, 0.3) is 11.0 Å². The van der Waals surface area contributed by atoms with E-state index in [4.69, 9.17) is 4.74 Å². The number of piperidine rings is 1. The van der Waals surface area contributed by atoms with Crippen molar-refractivity contribution in [3.8, 4) is 0 Å². The maximum atomic E-state index is 5.87. The van der Waals surface area contributed by atoms with Crippen LogP contribution in [0, 0.1) is 0 Å². The number of rotatable bonds is 4. The van der Waals surface area contributed by atoms with Crippen molar-refractivity contribution in [3.05, 3.63) is 24.3 Å². The van der Waals surface area contributed by atoms with Crippen molar-refractivity contribution < 1.29 is 4.74 Å². The number of ether oxygens (including phenoxy) is 1. The second-order valence-electron chi connectivity index (χ2n) is 4.65. The molecule has 3 rings (SSSR count). The Morgan fingerprint density at radius 1 is 1.33 bits per heavy atom. The Morgan fingerprint density at radius 3 is 3.06 bits per heavy atom. The van der Waals surface area contributed by atoms with Gasteiger partial charge in [0.05, 0.1) is 29.9 Å². The highest BCUT2D eigenvalue weighted by Crippen LogP contribution is 2.11. The first-order valence-corrected chi connectivity index (χ1v) is 6.53. The second kappa shape index (κ2) is 5.46. The van der Waals surface area contributed by atoms with Crippen LogP contribution < -0.4 is 5.32 Å². The van der Waals surface area contributed by atoms with Crippen LogP contribution in [0.15, 0.2) is 18.5 Å². The van der Waals surface area contributed by atoms with Crippen molar-refractivity contribution in [2.75, 3.05) is 19.7 Å². The summed E-state index contributed by atoms with van der Waals surface area (Å²) >= 11 is 0. The largest absolute Gasteiger partial charge is 0.378 e. The summed E-state index contributed by atoms with van der Waals surface area (Å²) in [6.45, 7) is 2.87. The highest BCUT2D eigenvalue weighted by molar-refractivity contribution is 5.73. The molecule has 1 saturated heterocycles. The Labute approximate surface area is 106 Å². The number of hydrogen-bond donors (Lipinski definition) is 2. The molecule has 3 heterocycles. The topological polar surface area (TPSA) is 62.8 Å². The molecule has 0 unspecified atom stereocenters. The average Bonchev–Trinajstić information content (AvgIpc) is 2.82. The zero-order chi connectivity index (χ0) is 12.2. The van der Waals surface area contributed by atoms with Crippen molar-refractivity contribution in [2.24, 2.45) is 0 Å². The predicted octanol–water partition coefficient (Wildman–Crippen LogP) is 1.27. The monoisotopic (exact) mass is 246 g/mol. The molecule has 0 bridgehead atoms. The maximum Gasteiger partial charge on any atom is 0.109 e. The Hall–Kier alpha value is -1.46. The summed E-state index contributed by atoms with van der Waals surface area (Å²) in [6.07, 6.45) is 7.04. The van der Waals surface area contributed by atoms with Crippen LogP contribution in [0.5, 0.6) is 0 Å². The van der Waals surface area contributed by atoms with Gasteiger partial charge in [-0.25, -0.2) is 4.98 Å². The molecule has 0 spiro atoms. The van der Waals surface area contributed by atoms with Gasteiger partial charge in [0.15, 0.2) is 0 Å². The van der Waals surface area contributed by atoms with Gasteiger partial charge in [0, 0.05) is 12.6 Å². The maximum absolute atomic E-state index is 5.87. The number of aromatic nitrogens is 3. The molecule has 0 aromatic carbocycles.